The monoisotopic (exact) mass is 455 g/mol. The minimum Gasteiger partial charge on any atom is -0.324 e. The summed E-state index contributed by atoms with van der Waals surface area (Å²) in [5.74, 6) is -0.283. The van der Waals surface area contributed by atoms with Crippen LogP contribution in [0.3, 0.4) is 0 Å². The third kappa shape index (κ3) is 3.43. The Bertz CT molecular complexity index is 1590. The summed E-state index contributed by atoms with van der Waals surface area (Å²) in [6, 6.07) is 14.3. The fourth-order valence-corrected chi connectivity index (χ4v) is 5.46. The predicted octanol–water partition coefficient (Wildman–Crippen LogP) is 4.21. The van der Waals surface area contributed by atoms with E-state index in [1.807, 2.05) is 17.5 Å². The van der Waals surface area contributed by atoms with Crippen molar-refractivity contribution in [1.82, 2.24) is 19.2 Å². The zero-order valence-corrected chi connectivity index (χ0v) is 18.9. The number of rotatable bonds is 4. The molecule has 1 aliphatic carbocycles. The maximum absolute atomic E-state index is 12.9. The maximum Gasteiger partial charge on any atom is 0.352 e. The molecule has 0 aliphatic heterocycles. The number of hydrogen-bond donors (Lipinski definition) is 1. The molecule has 0 fully saturated rings. The van der Waals surface area contributed by atoms with Crippen LogP contribution in [0.2, 0.25) is 0 Å². The van der Waals surface area contributed by atoms with Crippen molar-refractivity contribution in [3.05, 3.63) is 81.3 Å². The molecule has 0 spiro atoms. The molecule has 1 N–H and O–H groups in total. The highest BCUT2D eigenvalue weighted by molar-refractivity contribution is 7.18. The van der Waals surface area contributed by atoms with Crippen LogP contribution in [0.1, 0.15) is 23.1 Å². The van der Waals surface area contributed by atoms with Crippen LogP contribution in [0, 0.1) is 6.92 Å². The molecule has 2 aromatic carbocycles. The summed E-state index contributed by atoms with van der Waals surface area (Å²) < 4.78 is 3.42. The first-order chi connectivity index (χ1) is 16.1. The lowest BCUT2D eigenvalue weighted by atomic mass is 10.1. The predicted molar refractivity (Wildman–Crippen MR) is 130 cm³/mol. The maximum atomic E-state index is 12.9. The zero-order valence-electron chi connectivity index (χ0n) is 18.0. The Labute approximate surface area is 193 Å². The molecule has 3 heterocycles. The van der Waals surface area contributed by atoms with Gasteiger partial charge in [0, 0.05) is 16.6 Å². The van der Waals surface area contributed by atoms with Crippen molar-refractivity contribution in [3.63, 3.8) is 0 Å². The van der Waals surface area contributed by atoms with Gasteiger partial charge in [-0.3, -0.25) is 4.79 Å². The first-order valence-electron chi connectivity index (χ1n) is 10.9. The van der Waals surface area contributed by atoms with E-state index in [2.05, 4.69) is 52.7 Å². The van der Waals surface area contributed by atoms with Crippen molar-refractivity contribution in [3.8, 4) is 11.1 Å². The van der Waals surface area contributed by atoms with Gasteiger partial charge in [0.1, 0.15) is 12.9 Å². The number of benzene rings is 2. The summed E-state index contributed by atoms with van der Waals surface area (Å²) in [7, 11) is 0. The summed E-state index contributed by atoms with van der Waals surface area (Å²) in [5.41, 5.74) is 7.59. The first-order valence-corrected chi connectivity index (χ1v) is 11.8. The molecule has 8 heteroatoms. The molecule has 7 nitrogen and oxygen atoms in total. The molecule has 1 amide bonds. The van der Waals surface area contributed by atoms with E-state index >= 15 is 0 Å². The van der Waals surface area contributed by atoms with E-state index in [1.54, 1.807) is 0 Å². The standard InChI is InChI=1S/C25H21N5O2S/c1-15-5-7-17(8-6-15)20-13-33-23-22(20)26-14-29-24(23)28-30(25(29)32)12-21(31)27-19-10-9-16-3-2-4-18(16)11-19/h5-11,13-14H,2-4,12H2,1H3,(H,27,31). The van der Waals surface area contributed by atoms with E-state index in [1.165, 1.54) is 43.4 Å². The Morgan fingerprint density at radius 2 is 1.94 bits per heavy atom. The van der Waals surface area contributed by atoms with Gasteiger partial charge in [0.2, 0.25) is 5.91 Å². The SMILES string of the molecule is Cc1ccc(-c2csc3c2ncn2c(=O)n(CC(=O)Nc4ccc5c(c4)CCC5)nc32)cc1. The van der Waals surface area contributed by atoms with E-state index < -0.39 is 0 Å². The number of carbonyl (C=O) groups excluding carboxylic acids is 1. The summed E-state index contributed by atoms with van der Waals surface area (Å²) in [6.07, 6.45) is 4.78. The molecule has 164 valence electrons. The molecular formula is C25H21N5O2S. The number of thiophene rings is 1. The first kappa shape index (κ1) is 19.9. The normalized spacial score (nSPS) is 13.0. The number of nitrogens with one attached hydrogen (secondary N) is 1. The Hall–Kier alpha value is -3.78. The summed E-state index contributed by atoms with van der Waals surface area (Å²) in [6.45, 7) is 1.89. The number of hydrogen-bond acceptors (Lipinski definition) is 5. The van der Waals surface area contributed by atoms with Crippen molar-refractivity contribution >= 4 is 38.8 Å². The number of carbonyl (C=O) groups is 1. The molecule has 33 heavy (non-hydrogen) atoms. The van der Waals surface area contributed by atoms with Crippen molar-refractivity contribution in [2.75, 3.05) is 5.32 Å². The second kappa shape index (κ2) is 7.67. The summed E-state index contributed by atoms with van der Waals surface area (Å²) in [4.78, 5) is 30.1. The molecule has 0 saturated heterocycles. The topological polar surface area (TPSA) is 81.3 Å². The molecule has 0 bridgehead atoms. The average molecular weight is 456 g/mol. The third-order valence-electron chi connectivity index (χ3n) is 6.18. The Kier molecular flexibility index (Phi) is 4.62. The van der Waals surface area contributed by atoms with Crippen LogP contribution in [0.4, 0.5) is 5.69 Å². The number of aromatic nitrogens is 4. The molecule has 3 aromatic heterocycles. The van der Waals surface area contributed by atoms with E-state index in [0.29, 0.717) is 5.65 Å². The van der Waals surface area contributed by atoms with Gasteiger partial charge in [0.15, 0.2) is 5.65 Å². The van der Waals surface area contributed by atoms with Crippen LogP contribution in [0.25, 0.3) is 27.0 Å². The number of aryl methyl sites for hydroxylation is 3. The van der Waals surface area contributed by atoms with Gasteiger partial charge in [-0.25, -0.2) is 18.9 Å². The second-order valence-corrected chi connectivity index (χ2v) is 9.34. The molecule has 1 aliphatic rings. The lowest BCUT2D eigenvalue weighted by Gasteiger charge is -2.07. The number of amides is 1. The van der Waals surface area contributed by atoms with Crippen LogP contribution < -0.4 is 11.0 Å². The van der Waals surface area contributed by atoms with Crippen molar-refractivity contribution < 1.29 is 4.79 Å². The van der Waals surface area contributed by atoms with E-state index in [0.717, 1.165) is 46.3 Å². The van der Waals surface area contributed by atoms with Crippen molar-refractivity contribution in [1.29, 1.82) is 0 Å². The van der Waals surface area contributed by atoms with Gasteiger partial charge in [0.05, 0.1) is 10.2 Å². The number of fused-ring (bicyclic) bond motifs is 4. The fourth-order valence-electron chi connectivity index (χ4n) is 4.46. The Morgan fingerprint density at radius 3 is 2.79 bits per heavy atom. The highest BCUT2D eigenvalue weighted by Gasteiger charge is 2.18. The van der Waals surface area contributed by atoms with Gasteiger partial charge in [-0.05, 0) is 55.0 Å². The molecule has 0 radical (unpaired) electrons. The molecule has 0 atom stereocenters. The Morgan fingerprint density at radius 1 is 1.12 bits per heavy atom. The van der Waals surface area contributed by atoms with Crippen LogP contribution in [0.15, 0.2) is 59.0 Å². The number of nitrogens with zero attached hydrogens (tertiary/aromatic N) is 4. The van der Waals surface area contributed by atoms with E-state index in [9.17, 15) is 9.59 Å². The Balaban J connectivity index is 1.31. The molecular weight excluding hydrogens is 434 g/mol. The number of anilines is 1. The minimum atomic E-state index is -0.381. The average Bonchev–Trinajstić information content (AvgIpc) is 3.52. The molecule has 0 unspecified atom stereocenters. The van der Waals surface area contributed by atoms with Crippen LogP contribution in [-0.4, -0.2) is 25.1 Å². The van der Waals surface area contributed by atoms with E-state index in [-0.39, 0.29) is 18.1 Å². The lowest BCUT2D eigenvalue weighted by Crippen LogP contribution is -2.28. The minimum absolute atomic E-state index is 0.157. The third-order valence-corrected chi connectivity index (χ3v) is 7.14. The quantitative estimate of drug-likeness (QED) is 0.440. The largest absolute Gasteiger partial charge is 0.352 e. The lowest BCUT2D eigenvalue weighted by molar-refractivity contribution is -0.117. The fraction of sp³-hybridized carbons (Fsp3) is 0.200. The summed E-state index contributed by atoms with van der Waals surface area (Å²) >= 11 is 1.50. The second-order valence-electron chi connectivity index (χ2n) is 8.46. The smallest absolute Gasteiger partial charge is 0.324 e. The summed E-state index contributed by atoms with van der Waals surface area (Å²) in [5, 5.41) is 9.41. The van der Waals surface area contributed by atoms with Gasteiger partial charge in [-0.15, -0.1) is 16.4 Å². The van der Waals surface area contributed by atoms with Gasteiger partial charge in [-0.2, -0.15) is 0 Å². The van der Waals surface area contributed by atoms with Crippen LogP contribution >= 0.6 is 11.3 Å². The highest BCUT2D eigenvalue weighted by atomic mass is 32.1. The van der Waals surface area contributed by atoms with Gasteiger partial charge in [-0.1, -0.05) is 35.9 Å². The van der Waals surface area contributed by atoms with Crippen molar-refractivity contribution in [2.24, 2.45) is 0 Å². The van der Waals surface area contributed by atoms with Crippen LogP contribution in [0.5, 0.6) is 0 Å². The molecule has 0 saturated carbocycles. The van der Waals surface area contributed by atoms with Gasteiger partial charge >= 0.3 is 5.69 Å². The van der Waals surface area contributed by atoms with Crippen LogP contribution in [-0.2, 0) is 24.2 Å². The highest BCUT2D eigenvalue weighted by Crippen LogP contribution is 2.34. The molecule has 6 rings (SSSR count). The zero-order chi connectivity index (χ0) is 22.5. The van der Waals surface area contributed by atoms with Gasteiger partial charge in [0.25, 0.3) is 0 Å². The van der Waals surface area contributed by atoms with Gasteiger partial charge < -0.3 is 5.32 Å². The van der Waals surface area contributed by atoms with Crippen molar-refractivity contribution in [2.45, 2.75) is 32.7 Å². The van der Waals surface area contributed by atoms with E-state index in [4.69, 9.17) is 0 Å². The molecule has 5 aromatic rings.